The first kappa shape index (κ1) is 14.3. The fourth-order valence-electron chi connectivity index (χ4n) is 1.59. The van der Waals surface area contributed by atoms with Crippen molar-refractivity contribution < 1.29 is 4.79 Å². The van der Waals surface area contributed by atoms with E-state index in [0.717, 1.165) is 15.4 Å². The molecule has 2 aromatic heterocycles. The number of pyridine rings is 1. The summed E-state index contributed by atoms with van der Waals surface area (Å²) in [6.07, 6.45) is 1.98. The average Bonchev–Trinajstić information content (AvgIpc) is 2.92. The van der Waals surface area contributed by atoms with E-state index in [9.17, 15) is 4.79 Å². The van der Waals surface area contributed by atoms with Crippen molar-refractivity contribution in [2.75, 3.05) is 6.54 Å². The minimum absolute atomic E-state index is 0.0355. The van der Waals surface area contributed by atoms with Gasteiger partial charge in [0, 0.05) is 16.8 Å². The van der Waals surface area contributed by atoms with Gasteiger partial charge in [-0.05, 0) is 24.3 Å². The number of amides is 1. The molecule has 0 radical (unpaired) electrons. The first-order valence-electron chi connectivity index (χ1n) is 6.22. The lowest BCUT2D eigenvalue weighted by Gasteiger charge is -2.02. The molecular weight excluding hydrogens is 270 g/mol. The molecule has 2 heterocycles. The van der Waals surface area contributed by atoms with Gasteiger partial charge in [0.25, 0.3) is 0 Å². The minimum atomic E-state index is -0.0355. The summed E-state index contributed by atoms with van der Waals surface area (Å²) in [5.41, 5.74) is 6.09. The maximum absolute atomic E-state index is 11.8. The summed E-state index contributed by atoms with van der Waals surface area (Å²) >= 11 is 1.56. The molecule has 5 heteroatoms. The van der Waals surface area contributed by atoms with Crippen LogP contribution in [0.3, 0.4) is 0 Å². The second kappa shape index (κ2) is 7.43. The van der Waals surface area contributed by atoms with Gasteiger partial charge in [-0.15, -0.1) is 11.3 Å². The zero-order valence-corrected chi connectivity index (χ0v) is 11.7. The van der Waals surface area contributed by atoms with Crippen molar-refractivity contribution >= 4 is 17.2 Å². The summed E-state index contributed by atoms with van der Waals surface area (Å²) in [7, 11) is 0. The number of thiophene rings is 1. The highest BCUT2D eigenvalue weighted by Crippen LogP contribution is 2.14. The summed E-state index contributed by atoms with van der Waals surface area (Å²) < 4.78 is 0. The van der Waals surface area contributed by atoms with Gasteiger partial charge in [-0.1, -0.05) is 17.9 Å². The molecular formula is C15H15N3OS. The number of hydrogen-bond acceptors (Lipinski definition) is 4. The Hall–Kier alpha value is -2.16. The molecule has 0 bridgehead atoms. The van der Waals surface area contributed by atoms with Crippen LogP contribution in [0.4, 0.5) is 0 Å². The summed E-state index contributed by atoms with van der Waals surface area (Å²) in [6, 6.07) is 9.44. The predicted molar refractivity (Wildman–Crippen MR) is 80.0 cm³/mol. The van der Waals surface area contributed by atoms with Crippen LogP contribution in [0.1, 0.15) is 15.4 Å². The van der Waals surface area contributed by atoms with Gasteiger partial charge < -0.3 is 11.1 Å². The van der Waals surface area contributed by atoms with Crippen molar-refractivity contribution in [1.29, 1.82) is 0 Å². The second-order valence-electron chi connectivity index (χ2n) is 4.05. The van der Waals surface area contributed by atoms with Gasteiger partial charge in [0.15, 0.2) is 0 Å². The maximum atomic E-state index is 11.8. The highest BCUT2D eigenvalue weighted by atomic mass is 32.1. The van der Waals surface area contributed by atoms with Crippen molar-refractivity contribution in [3.63, 3.8) is 0 Å². The zero-order chi connectivity index (χ0) is 14.2. The topological polar surface area (TPSA) is 68.0 Å². The standard InChI is InChI=1S/C15H15N3OS/c16-8-3-5-13-6-7-14(20-13)11-18-15(19)10-12-4-1-2-9-17-12/h1-2,4,6-7,9H,8,10-11,16H2,(H,18,19). The van der Waals surface area contributed by atoms with E-state index in [1.807, 2.05) is 30.3 Å². The summed E-state index contributed by atoms with van der Waals surface area (Å²) in [5, 5.41) is 2.88. The van der Waals surface area contributed by atoms with E-state index in [1.54, 1.807) is 17.5 Å². The first-order chi connectivity index (χ1) is 9.78. The Morgan fingerprint density at radius 3 is 3.00 bits per heavy atom. The molecule has 0 aliphatic carbocycles. The van der Waals surface area contributed by atoms with E-state index in [4.69, 9.17) is 5.73 Å². The smallest absolute Gasteiger partial charge is 0.226 e. The van der Waals surface area contributed by atoms with Gasteiger partial charge in [0.2, 0.25) is 5.91 Å². The Kier molecular flexibility index (Phi) is 5.30. The molecule has 0 unspecified atom stereocenters. The molecule has 2 aromatic rings. The largest absolute Gasteiger partial charge is 0.351 e. The van der Waals surface area contributed by atoms with Crippen molar-refractivity contribution in [1.82, 2.24) is 10.3 Å². The molecule has 2 rings (SSSR count). The summed E-state index contributed by atoms with van der Waals surface area (Å²) in [4.78, 5) is 17.9. The number of nitrogens with one attached hydrogen (secondary N) is 1. The fourth-order valence-corrected chi connectivity index (χ4v) is 2.42. The zero-order valence-electron chi connectivity index (χ0n) is 10.9. The van der Waals surface area contributed by atoms with Crippen LogP contribution >= 0.6 is 11.3 Å². The van der Waals surface area contributed by atoms with Gasteiger partial charge in [0.1, 0.15) is 0 Å². The van der Waals surface area contributed by atoms with Crippen molar-refractivity contribution in [3.05, 3.63) is 52.0 Å². The van der Waals surface area contributed by atoms with E-state index in [0.29, 0.717) is 19.5 Å². The monoisotopic (exact) mass is 285 g/mol. The van der Waals surface area contributed by atoms with E-state index in [2.05, 4.69) is 22.1 Å². The van der Waals surface area contributed by atoms with Crippen molar-refractivity contribution in [2.24, 2.45) is 5.73 Å². The van der Waals surface area contributed by atoms with Gasteiger partial charge in [-0.2, -0.15) is 0 Å². The number of rotatable bonds is 4. The molecule has 0 fully saturated rings. The Labute approximate surface area is 122 Å². The lowest BCUT2D eigenvalue weighted by molar-refractivity contribution is -0.120. The van der Waals surface area contributed by atoms with E-state index in [1.165, 1.54) is 0 Å². The fraction of sp³-hybridized carbons (Fsp3) is 0.200. The maximum Gasteiger partial charge on any atom is 0.226 e. The van der Waals surface area contributed by atoms with Gasteiger partial charge >= 0.3 is 0 Å². The summed E-state index contributed by atoms with van der Waals surface area (Å²) in [6.45, 7) is 0.870. The Balaban J connectivity index is 1.83. The molecule has 0 saturated carbocycles. The Bertz CT molecular complexity index is 625. The van der Waals surface area contributed by atoms with E-state index in [-0.39, 0.29) is 5.91 Å². The molecule has 3 N–H and O–H groups in total. The normalized spacial score (nSPS) is 9.65. The highest BCUT2D eigenvalue weighted by Gasteiger charge is 2.05. The molecule has 0 atom stereocenters. The third kappa shape index (κ3) is 4.50. The number of hydrogen-bond donors (Lipinski definition) is 2. The molecule has 102 valence electrons. The lowest BCUT2D eigenvalue weighted by Crippen LogP contribution is -2.24. The van der Waals surface area contributed by atoms with Crippen LogP contribution in [-0.4, -0.2) is 17.4 Å². The van der Waals surface area contributed by atoms with Crippen molar-refractivity contribution in [2.45, 2.75) is 13.0 Å². The van der Waals surface area contributed by atoms with Crippen LogP contribution in [-0.2, 0) is 17.8 Å². The summed E-state index contributed by atoms with van der Waals surface area (Å²) in [5.74, 6) is 5.75. The Morgan fingerprint density at radius 1 is 1.35 bits per heavy atom. The van der Waals surface area contributed by atoms with Crippen molar-refractivity contribution in [3.8, 4) is 11.8 Å². The minimum Gasteiger partial charge on any atom is -0.351 e. The third-order valence-corrected chi connectivity index (χ3v) is 3.50. The average molecular weight is 285 g/mol. The molecule has 0 aromatic carbocycles. The predicted octanol–water partition coefficient (Wildman–Crippen LogP) is 1.31. The first-order valence-corrected chi connectivity index (χ1v) is 7.04. The number of nitrogens with zero attached hydrogens (tertiary/aromatic N) is 1. The molecule has 0 aliphatic heterocycles. The van der Waals surface area contributed by atoms with Crippen LogP contribution < -0.4 is 11.1 Å². The molecule has 0 aliphatic rings. The van der Waals surface area contributed by atoms with Gasteiger partial charge in [-0.25, -0.2) is 0 Å². The number of aromatic nitrogens is 1. The SMILES string of the molecule is NCC#Cc1ccc(CNC(=O)Cc2ccccn2)s1. The van der Waals surface area contributed by atoms with Crippen LogP contribution in [0, 0.1) is 11.8 Å². The van der Waals surface area contributed by atoms with E-state index >= 15 is 0 Å². The molecule has 0 saturated heterocycles. The van der Waals surface area contributed by atoms with Crippen LogP contribution in [0.25, 0.3) is 0 Å². The molecule has 0 spiro atoms. The van der Waals surface area contributed by atoms with Gasteiger partial charge in [0.05, 0.1) is 24.4 Å². The third-order valence-electron chi connectivity index (χ3n) is 2.50. The van der Waals surface area contributed by atoms with Crippen LogP contribution in [0.15, 0.2) is 36.5 Å². The van der Waals surface area contributed by atoms with Crippen LogP contribution in [0.2, 0.25) is 0 Å². The quantitative estimate of drug-likeness (QED) is 0.832. The van der Waals surface area contributed by atoms with Gasteiger partial charge in [-0.3, -0.25) is 9.78 Å². The lowest BCUT2D eigenvalue weighted by atomic mass is 10.2. The Morgan fingerprint density at radius 2 is 2.25 bits per heavy atom. The number of nitrogens with two attached hydrogens (primary N) is 1. The van der Waals surface area contributed by atoms with Crippen LogP contribution in [0.5, 0.6) is 0 Å². The molecule has 1 amide bonds. The molecule has 20 heavy (non-hydrogen) atoms. The molecule has 4 nitrogen and oxygen atoms in total. The number of carbonyl (C=O) groups is 1. The number of carbonyl (C=O) groups excluding carboxylic acids is 1. The highest BCUT2D eigenvalue weighted by molar-refractivity contribution is 7.12. The second-order valence-corrected chi connectivity index (χ2v) is 5.21. The van der Waals surface area contributed by atoms with E-state index < -0.39 is 0 Å².